The Hall–Kier alpha value is -3.46. The minimum atomic E-state index is -4.60. The smallest absolute Gasteiger partial charge is 0.273 e. The molecule has 1 fully saturated rings. The number of hydrogen-bond donors (Lipinski definition) is 0. The van der Waals surface area contributed by atoms with Gasteiger partial charge >= 0.3 is 6.18 Å². The van der Waals surface area contributed by atoms with Crippen molar-refractivity contribution in [2.24, 2.45) is 11.0 Å². The maximum Gasteiger partial charge on any atom is 0.416 e. The number of amides is 2. The van der Waals surface area contributed by atoms with Crippen molar-refractivity contribution >= 4 is 44.8 Å². The van der Waals surface area contributed by atoms with Crippen molar-refractivity contribution in [2.45, 2.75) is 12.2 Å². The zero-order chi connectivity index (χ0) is 23.3. The van der Waals surface area contributed by atoms with Gasteiger partial charge in [-0.25, -0.2) is 4.90 Å². The summed E-state index contributed by atoms with van der Waals surface area (Å²) in [5.74, 6) is -2.18. The molecule has 3 aromatic carbocycles. The first-order valence-electron chi connectivity index (χ1n) is 9.99. The minimum absolute atomic E-state index is 0.114. The Kier molecular flexibility index (Phi) is 5.08. The summed E-state index contributed by atoms with van der Waals surface area (Å²) in [7, 11) is 0. The van der Waals surface area contributed by atoms with Gasteiger partial charge in [0, 0.05) is 4.47 Å². The molecule has 2 heterocycles. The topological polar surface area (TPSA) is 53.0 Å². The molecule has 2 atom stereocenters. The average Bonchev–Trinajstić information content (AvgIpc) is 3.31. The van der Waals surface area contributed by atoms with E-state index in [-0.39, 0.29) is 5.69 Å². The number of hydrogen-bond acceptors (Lipinski definition) is 4. The van der Waals surface area contributed by atoms with E-state index >= 15 is 0 Å². The van der Waals surface area contributed by atoms with Crippen molar-refractivity contribution in [2.75, 3.05) is 9.91 Å². The van der Waals surface area contributed by atoms with Crippen LogP contribution in [0.5, 0.6) is 0 Å². The summed E-state index contributed by atoms with van der Waals surface area (Å²) in [6.45, 7) is 0. The van der Waals surface area contributed by atoms with Gasteiger partial charge in [-0.3, -0.25) is 14.6 Å². The highest BCUT2D eigenvalue weighted by Gasteiger charge is 2.57. The second kappa shape index (κ2) is 7.84. The summed E-state index contributed by atoms with van der Waals surface area (Å²) in [6, 6.07) is 19.3. The fraction of sp³-hybridized carbons (Fsp3) is 0.125. The van der Waals surface area contributed by atoms with Crippen molar-refractivity contribution in [1.82, 2.24) is 0 Å². The number of rotatable bonds is 3. The molecule has 0 aromatic heterocycles. The molecule has 2 amide bonds. The molecular weight excluding hydrogens is 499 g/mol. The summed E-state index contributed by atoms with van der Waals surface area (Å²) < 4.78 is 40.6. The Bertz CT molecular complexity index is 1280. The summed E-state index contributed by atoms with van der Waals surface area (Å²) in [5.41, 5.74) is 0.603. The van der Waals surface area contributed by atoms with Crippen LogP contribution in [0.1, 0.15) is 11.1 Å². The number of halogens is 4. The SMILES string of the molecule is O=C1C2C(c3ccc(Br)cc3)=NN(c3ccccc3)C2C(=O)N1c1cccc(C(F)(F)F)c1. The van der Waals surface area contributed by atoms with Crippen molar-refractivity contribution < 1.29 is 22.8 Å². The molecule has 166 valence electrons. The largest absolute Gasteiger partial charge is 0.416 e. The molecule has 0 saturated carbocycles. The van der Waals surface area contributed by atoms with Gasteiger partial charge in [-0.05, 0) is 48.0 Å². The Labute approximate surface area is 195 Å². The quantitative estimate of drug-likeness (QED) is 0.449. The number of anilines is 2. The van der Waals surface area contributed by atoms with E-state index in [4.69, 9.17) is 0 Å². The molecule has 0 radical (unpaired) electrons. The van der Waals surface area contributed by atoms with Crippen molar-refractivity contribution in [1.29, 1.82) is 0 Å². The van der Waals surface area contributed by atoms with Gasteiger partial charge in [-0.2, -0.15) is 18.3 Å². The number of nitrogens with zero attached hydrogens (tertiary/aromatic N) is 3. The standard InChI is InChI=1S/C24H15BrF3N3O2/c25-16-11-9-14(10-12-16)20-19-21(31(29-20)17-6-2-1-3-7-17)23(33)30(22(19)32)18-8-4-5-15(13-18)24(26,27)28/h1-13,19,21H. The van der Waals surface area contributed by atoms with E-state index < -0.39 is 35.5 Å². The Balaban J connectivity index is 1.62. The van der Waals surface area contributed by atoms with Crippen molar-refractivity contribution in [3.8, 4) is 0 Å². The van der Waals surface area contributed by atoms with E-state index in [9.17, 15) is 22.8 Å². The number of benzene rings is 3. The molecule has 33 heavy (non-hydrogen) atoms. The maximum atomic E-state index is 13.5. The van der Waals surface area contributed by atoms with E-state index in [1.165, 1.54) is 17.1 Å². The lowest BCUT2D eigenvalue weighted by Crippen LogP contribution is -2.39. The third kappa shape index (κ3) is 3.62. The lowest BCUT2D eigenvalue weighted by molar-refractivity contribution is -0.137. The number of carbonyl (C=O) groups is 2. The molecular formula is C24H15BrF3N3O2. The first kappa shape index (κ1) is 21.4. The third-order valence-corrected chi connectivity index (χ3v) is 6.17. The van der Waals surface area contributed by atoms with Gasteiger partial charge in [-0.15, -0.1) is 0 Å². The van der Waals surface area contributed by atoms with Crippen molar-refractivity contribution in [3.05, 3.63) is 94.5 Å². The van der Waals surface area contributed by atoms with Crippen LogP contribution < -0.4 is 9.91 Å². The van der Waals surface area contributed by atoms with Crippen LogP contribution in [0.4, 0.5) is 24.5 Å². The van der Waals surface area contributed by atoms with Gasteiger partial charge in [0.1, 0.15) is 12.0 Å². The van der Waals surface area contributed by atoms with Gasteiger partial charge in [0.2, 0.25) is 5.91 Å². The fourth-order valence-corrected chi connectivity index (χ4v) is 4.41. The lowest BCUT2D eigenvalue weighted by atomic mass is 9.93. The Morgan fingerprint density at radius 3 is 2.15 bits per heavy atom. The predicted molar refractivity (Wildman–Crippen MR) is 121 cm³/mol. The van der Waals surface area contributed by atoms with E-state index in [2.05, 4.69) is 21.0 Å². The van der Waals surface area contributed by atoms with Crippen LogP contribution in [0.15, 0.2) is 88.4 Å². The second-order valence-corrected chi connectivity index (χ2v) is 8.57. The number of carbonyl (C=O) groups excluding carboxylic acids is 2. The number of hydrazone groups is 1. The molecule has 2 unspecified atom stereocenters. The minimum Gasteiger partial charge on any atom is -0.273 e. The lowest BCUT2D eigenvalue weighted by Gasteiger charge is -2.22. The van der Waals surface area contributed by atoms with E-state index in [0.717, 1.165) is 21.5 Å². The fourth-order valence-electron chi connectivity index (χ4n) is 4.14. The van der Waals surface area contributed by atoms with Crippen LogP contribution >= 0.6 is 15.9 Å². The zero-order valence-corrected chi connectivity index (χ0v) is 18.4. The van der Waals surface area contributed by atoms with Crippen molar-refractivity contribution in [3.63, 3.8) is 0 Å². The van der Waals surface area contributed by atoms with E-state index in [1.54, 1.807) is 48.5 Å². The zero-order valence-electron chi connectivity index (χ0n) is 16.8. The molecule has 9 heteroatoms. The summed E-state index contributed by atoms with van der Waals surface area (Å²) in [5, 5.41) is 6.10. The summed E-state index contributed by atoms with van der Waals surface area (Å²) >= 11 is 3.37. The van der Waals surface area contributed by atoms with E-state index in [0.29, 0.717) is 17.0 Å². The molecule has 1 saturated heterocycles. The molecule has 0 spiro atoms. The van der Waals surface area contributed by atoms with Crippen LogP contribution in [0, 0.1) is 5.92 Å². The number of para-hydroxylation sites is 1. The Morgan fingerprint density at radius 1 is 0.818 bits per heavy atom. The summed E-state index contributed by atoms with van der Waals surface area (Å²) in [4.78, 5) is 27.8. The van der Waals surface area contributed by atoms with Gasteiger partial charge in [0.05, 0.1) is 22.6 Å². The Morgan fingerprint density at radius 2 is 1.48 bits per heavy atom. The summed E-state index contributed by atoms with van der Waals surface area (Å²) in [6.07, 6.45) is -4.60. The molecule has 0 bridgehead atoms. The van der Waals surface area contributed by atoms with Crippen LogP contribution in [0.3, 0.4) is 0 Å². The number of imide groups is 1. The highest BCUT2D eigenvalue weighted by atomic mass is 79.9. The van der Waals surface area contributed by atoms with Gasteiger partial charge in [0.25, 0.3) is 5.91 Å². The molecule has 0 aliphatic carbocycles. The molecule has 5 rings (SSSR count). The molecule has 3 aromatic rings. The number of fused-ring (bicyclic) bond motifs is 1. The van der Waals surface area contributed by atoms with Crippen LogP contribution in [-0.4, -0.2) is 23.6 Å². The van der Waals surface area contributed by atoms with Crippen LogP contribution in [0.2, 0.25) is 0 Å². The highest BCUT2D eigenvalue weighted by molar-refractivity contribution is 9.10. The predicted octanol–water partition coefficient (Wildman–Crippen LogP) is 5.25. The monoisotopic (exact) mass is 513 g/mol. The molecule has 5 nitrogen and oxygen atoms in total. The molecule has 2 aliphatic rings. The molecule has 2 aliphatic heterocycles. The van der Waals surface area contributed by atoms with Crippen LogP contribution in [0.25, 0.3) is 0 Å². The van der Waals surface area contributed by atoms with E-state index in [1.807, 2.05) is 6.07 Å². The first-order chi connectivity index (χ1) is 15.8. The third-order valence-electron chi connectivity index (χ3n) is 5.64. The maximum absolute atomic E-state index is 13.5. The van der Waals surface area contributed by atoms with Gasteiger partial charge in [-0.1, -0.05) is 52.3 Å². The van der Waals surface area contributed by atoms with Gasteiger partial charge < -0.3 is 0 Å². The molecule has 0 N–H and O–H groups in total. The average molecular weight is 514 g/mol. The first-order valence-corrected chi connectivity index (χ1v) is 10.8. The normalized spacial score (nSPS) is 20.3. The highest BCUT2D eigenvalue weighted by Crippen LogP contribution is 2.40. The van der Waals surface area contributed by atoms with Crippen LogP contribution in [-0.2, 0) is 15.8 Å². The number of alkyl halides is 3. The van der Waals surface area contributed by atoms with Gasteiger partial charge in [0.15, 0.2) is 0 Å². The second-order valence-electron chi connectivity index (χ2n) is 7.65.